The number of imidazole rings is 1. The van der Waals surface area contributed by atoms with Gasteiger partial charge in [-0.3, -0.25) is 4.99 Å². The highest BCUT2D eigenvalue weighted by Gasteiger charge is 2.07. The van der Waals surface area contributed by atoms with Crippen LogP contribution >= 0.6 is 35.3 Å². The molecule has 0 radical (unpaired) electrons. The maximum Gasteiger partial charge on any atom is 0.191 e. The molecule has 0 saturated carbocycles. The first-order valence-electron chi connectivity index (χ1n) is 8.48. The second-order valence-corrected chi connectivity index (χ2v) is 7.07. The van der Waals surface area contributed by atoms with Crippen LogP contribution in [0, 0.1) is 0 Å². The molecule has 0 aliphatic heterocycles. The van der Waals surface area contributed by atoms with Crippen LogP contribution in [0.3, 0.4) is 0 Å². The predicted octanol–water partition coefficient (Wildman–Crippen LogP) is 3.67. The molecule has 2 aromatic heterocycles. The number of aromatic nitrogens is 3. The number of thiazole rings is 1. The standard InChI is InChI=1S/C18H24N6S.HI/c1-12(2)15-11-25-17(24-15)10-21-18(19-3)20-9-8-16-22-13-6-4-5-7-14(13)23-16;/h4-7,11-12H,8-10H2,1-3H3,(H,22,23)(H2,19,20,21);1H. The van der Waals surface area contributed by atoms with Gasteiger partial charge in [0.25, 0.3) is 0 Å². The van der Waals surface area contributed by atoms with Crippen molar-refractivity contribution in [2.45, 2.75) is 32.7 Å². The summed E-state index contributed by atoms with van der Waals surface area (Å²) in [5.74, 6) is 2.22. The van der Waals surface area contributed by atoms with Gasteiger partial charge < -0.3 is 15.6 Å². The summed E-state index contributed by atoms with van der Waals surface area (Å²) < 4.78 is 0. The molecule has 0 aliphatic rings. The van der Waals surface area contributed by atoms with Crippen molar-refractivity contribution in [3.63, 3.8) is 0 Å². The van der Waals surface area contributed by atoms with Crippen LogP contribution in [0.15, 0.2) is 34.6 Å². The number of nitrogens with zero attached hydrogens (tertiary/aromatic N) is 3. The number of para-hydroxylation sites is 2. The van der Waals surface area contributed by atoms with Crippen LogP contribution in [0.1, 0.15) is 36.3 Å². The molecule has 8 heteroatoms. The summed E-state index contributed by atoms with van der Waals surface area (Å²) in [6.45, 7) is 5.76. The van der Waals surface area contributed by atoms with Crippen LogP contribution in [-0.4, -0.2) is 34.5 Å². The number of H-pyrrole nitrogens is 1. The van der Waals surface area contributed by atoms with Crippen LogP contribution in [0.4, 0.5) is 0 Å². The first-order chi connectivity index (χ1) is 12.2. The van der Waals surface area contributed by atoms with E-state index in [1.54, 1.807) is 18.4 Å². The lowest BCUT2D eigenvalue weighted by atomic mass is 10.2. The van der Waals surface area contributed by atoms with Gasteiger partial charge in [-0.15, -0.1) is 35.3 Å². The molecule has 140 valence electrons. The zero-order valence-electron chi connectivity index (χ0n) is 15.2. The minimum atomic E-state index is 0. The number of rotatable bonds is 6. The van der Waals surface area contributed by atoms with Crippen LogP contribution in [-0.2, 0) is 13.0 Å². The molecule has 0 fully saturated rings. The van der Waals surface area contributed by atoms with Gasteiger partial charge in [0.2, 0.25) is 0 Å². The summed E-state index contributed by atoms with van der Waals surface area (Å²) in [4.78, 5) is 16.8. The topological polar surface area (TPSA) is 78.0 Å². The van der Waals surface area contributed by atoms with Crippen molar-refractivity contribution >= 4 is 52.3 Å². The van der Waals surface area contributed by atoms with E-state index in [1.807, 2.05) is 24.3 Å². The van der Waals surface area contributed by atoms with E-state index >= 15 is 0 Å². The summed E-state index contributed by atoms with van der Waals surface area (Å²) in [5.41, 5.74) is 3.23. The second kappa shape index (κ2) is 9.86. The molecule has 6 nitrogen and oxygen atoms in total. The predicted molar refractivity (Wildman–Crippen MR) is 120 cm³/mol. The van der Waals surface area contributed by atoms with Gasteiger partial charge in [-0.25, -0.2) is 9.97 Å². The Morgan fingerprint density at radius 2 is 2.04 bits per heavy atom. The molecule has 0 bridgehead atoms. The van der Waals surface area contributed by atoms with E-state index < -0.39 is 0 Å². The average Bonchev–Trinajstić information content (AvgIpc) is 3.24. The van der Waals surface area contributed by atoms with E-state index in [4.69, 9.17) is 0 Å². The molecular weight excluding hydrogens is 459 g/mol. The summed E-state index contributed by atoms with van der Waals surface area (Å²) in [6, 6.07) is 8.07. The zero-order valence-corrected chi connectivity index (χ0v) is 18.4. The van der Waals surface area contributed by atoms with Crippen molar-refractivity contribution in [3.05, 3.63) is 46.2 Å². The summed E-state index contributed by atoms with van der Waals surface area (Å²) in [7, 11) is 1.78. The number of nitrogens with one attached hydrogen (secondary N) is 3. The Hall–Kier alpha value is -1.68. The van der Waals surface area contributed by atoms with Gasteiger partial charge in [0.15, 0.2) is 5.96 Å². The van der Waals surface area contributed by atoms with Gasteiger partial charge >= 0.3 is 0 Å². The lowest BCUT2D eigenvalue weighted by Gasteiger charge is -2.10. The minimum Gasteiger partial charge on any atom is -0.356 e. The molecule has 1 aromatic carbocycles. The smallest absolute Gasteiger partial charge is 0.191 e. The van der Waals surface area contributed by atoms with Crippen LogP contribution < -0.4 is 10.6 Å². The average molecular weight is 484 g/mol. The highest BCUT2D eigenvalue weighted by atomic mass is 127. The van der Waals surface area contributed by atoms with Gasteiger partial charge in [-0.1, -0.05) is 26.0 Å². The quantitative estimate of drug-likeness (QED) is 0.284. The molecule has 3 N–H and O–H groups in total. The Balaban J connectivity index is 0.00000243. The lowest BCUT2D eigenvalue weighted by molar-refractivity contribution is 0.767. The fourth-order valence-electron chi connectivity index (χ4n) is 2.47. The SMILES string of the molecule is CN=C(NCCc1nc2ccccc2[nH]1)NCc1nc(C(C)C)cs1.I. The monoisotopic (exact) mass is 484 g/mol. The number of aromatic amines is 1. The van der Waals surface area contributed by atoms with E-state index in [0.29, 0.717) is 12.5 Å². The number of halogens is 1. The van der Waals surface area contributed by atoms with Crippen molar-refractivity contribution in [1.82, 2.24) is 25.6 Å². The molecule has 0 saturated heterocycles. The number of hydrogen-bond acceptors (Lipinski definition) is 4. The normalized spacial score (nSPS) is 11.6. The molecule has 0 atom stereocenters. The van der Waals surface area contributed by atoms with Crippen LogP contribution in [0.5, 0.6) is 0 Å². The van der Waals surface area contributed by atoms with E-state index in [0.717, 1.165) is 46.5 Å². The molecule has 0 amide bonds. The van der Waals surface area contributed by atoms with E-state index in [-0.39, 0.29) is 24.0 Å². The largest absolute Gasteiger partial charge is 0.356 e. The first kappa shape index (κ1) is 20.6. The Kier molecular flexibility index (Phi) is 7.83. The molecule has 3 aromatic rings. The van der Waals surface area contributed by atoms with Crippen molar-refractivity contribution in [1.29, 1.82) is 0 Å². The van der Waals surface area contributed by atoms with Crippen molar-refractivity contribution in [2.75, 3.05) is 13.6 Å². The number of guanidine groups is 1. The van der Waals surface area contributed by atoms with Crippen LogP contribution in [0.25, 0.3) is 11.0 Å². The van der Waals surface area contributed by atoms with Gasteiger partial charge in [-0.05, 0) is 18.1 Å². The van der Waals surface area contributed by atoms with E-state index in [1.165, 1.54) is 0 Å². The third-order valence-corrected chi connectivity index (χ3v) is 4.75. The zero-order chi connectivity index (χ0) is 17.6. The first-order valence-corrected chi connectivity index (χ1v) is 9.36. The fourth-order valence-corrected chi connectivity index (χ4v) is 3.37. The number of aliphatic imine (C=N–C) groups is 1. The number of hydrogen-bond donors (Lipinski definition) is 3. The molecule has 0 spiro atoms. The number of fused-ring (bicyclic) bond motifs is 1. The molecule has 2 heterocycles. The fraction of sp³-hybridized carbons (Fsp3) is 0.389. The Morgan fingerprint density at radius 3 is 2.73 bits per heavy atom. The van der Waals surface area contributed by atoms with Crippen molar-refractivity contribution in [3.8, 4) is 0 Å². The Labute approximate surface area is 175 Å². The minimum absolute atomic E-state index is 0. The van der Waals surface area contributed by atoms with Gasteiger partial charge in [0.05, 0.1) is 23.3 Å². The number of benzene rings is 1. The maximum atomic E-state index is 4.63. The molecule has 0 aliphatic carbocycles. The summed E-state index contributed by atoms with van der Waals surface area (Å²) >= 11 is 1.68. The summed E-state index contributed by atoms with van der Waals surface area (Å²) in [6.07, 6.45) is 0.810. The third-order valence-electron chi connectivity index (χ3n) is 3.88. The molecule has 3 rings (SSSR count). The summed E-state index contributed by atoms with van der Waals surface area (Å²) in [5, 5.41) is 9.82. The van der Waals surface area contributed by atoms with Crippen LogP contribution in [0.2, 0.25) is 0 Å². The molecule has 0 unspecified atom stereocenters. The van der Waals surface area contributed by atoms with Crippen molar-refractivity contribution < 1.29 is 0 Å². The molecular formula is C18H25IN6S. The maximum absolute atomic E-state index is 4.63. The highest BCUT2D eigenvalue weighted by Crippen LogP contribution is 2.17. The Morgan fingerprint density at radius 1 is 1.23 bits per heavy atom. The third kappa shape index (κ3) is 5.41. The van der Waals surface area contributed by atoms with E-state index in [9.17, 15) is 0 Å². The molecule has 26 heavy (non-hydrogen) atoms. The van der Waals surface area contributed by atoms with Gasteiger partial charge in [0, 0.05) is 25.4 Å². The highest BCUT2D eigenvalue weighted by molar-refractivity contribution is 14.0. The van der Waals surface area contributed by atoms with Gasteiger partial charge in [-0.2, -0.15) is 0 Å². The Bertz CT molecular complexity index is 821. The van der Waals surface area contributed by atoms with Gasteiger partial charge in [0.1, 0.15) is 10.8 Å². The second-order valence-electron chi connectivity index (χ2n) is 6.12. The van der Waals surface area contributed by atoms with E-state index in [2.05, 4.69) is 49.8 Å². The lowest BCUT2D eigenvalue weighted by Crippen LogP contribution is -2.37. The van der Waals surface area contributed by atoms with Crippen molar-refractivity contribution in [2.24, 2.45) is 4.99 Å².